The van der Waals surface area contributed by atoms with Crippen molar-refractivity contribution in [1.29, 1.82) is 0 Å². The molecule has 0 aliphatic carbocycles. The van der Waals surface area contributed by atoms with Gasteiger partial charge in [-0.3, -0.25) is 39.0 Å². The lowest BCUT2D eigenvalue weighted by atomic mass is 10.0. The minimum Gasteiger partial charge on any atom is -0.383 e. The standard InChI is InChI=1S/C40H36Cl2N6O9S/c1-20-32(18-26-25-17-23(7-9-31(25)46-36(26)50)58(55,56)19-28-29(41)4-3-5-30(28)42)45-21(2)35(20)38(52)44-13-15-57-14-12-43-22-6-8-24-27(16-22)40(54)48(39(24)53)33-10-11-34(49)47-37(33)51/h3-9,16-18,33,43,45H,10-15,19H2,1-2H3,(H,44,52)(H,46,50)(H,47,49,51)/b26-18-. The summed E-state index contributed by atoms with van der Waals surface area (Å²) in [5.74, 6) is -3.53. The maximum absolute atomic E-state index is 13.4. The zero-order valence-electron chi connectivity index (χ0n) is 31.1. The summed E-state index contributed by atoms with van der Waals surface area (Å²) in [6.07, 6.45) is 1.69. The molecule has 1 aromatic heterocycles. The molecule has 0 radical (unpaired) electrons. The Morgan fingerprint density at radius 3 is 2.38 bits per heavy atom. The molecule has 0 saturated carbocycles. The van der Waals surface area contributed by atoms with Crippen LogP contribution in [0, 0.1) is 13.8 Å². The lowest BCUT2D eigenvalue weighted by Gasteiger charge is -2.27. The Morgan fingerprint density at radius 1 is 0.914 bits per heavy atom. The first-order valence-electron chi connectivity index (χ1n) is 18.1. The van der Waals surface area contributed by atoms with E-state index in [-0.39, 0.29) is 75.7 Å². The first kappa shape index (κ1) is 40.4. The van der Waals surface area contributed by atoms with Crippen molar-refractivity contribution in [3.8, 4) is 0 Å². The Bertz CT molecular complexity index is 2570. The van der Waals surface area contributed by atoms with Crippen molar-refractivity contribution in [3.63, 3.8) is 0 Å². The monoisotopic (exact) mass is 846 g/mol. The molecule has 3 aliphatic rings. The van der Waals surface area contributed by atoms with Gasteiger partial charge in [-0.15, -0.1) is 0 Å². The summed E-state index contributed by atoms with van der Waals surface area (Å²) in [6, 6.07) is 12.8. The number of hydrogen-bond donors (Lipinski definition) is 5. The van der Waals surface area contributed by atoms with Gasteiger partial charge in [0, 0.05) is 63.4 Å². The van der Waals surface area contributed by atoms with Gasteiger partial charge in [0.2, 0.25) is 11.8 Å². The van der Waals surface area contributed by atoms with Gasteiger partial charge >= 0.3 is 0 Å². The number of carbonyl (C=O) groups is 6. The average molecular weight is 848 g/mol. The fraction of sp³-hybridized carbons (Fsp3) is 0.250. The summed E-state index contributed by atoms with van der Waals surface area (Å²) in [5.41, 5.74) is 4.26. The number of aromatic nitrogens is 1. The second-order valence-corrected chi connectivity index (χ2v) is 16.6. The van der Waals surface area contributed by atoms with E-state index < -0.39 is 51.2 Å². The molecule has 6 amide bonds. The van der Waals surface area contributed by atoms with Crippen molar-refractivity contribution in [1.82, 2.24) is 20.5 Å². The molecular formula is C40H36Cl2N6O9S. The van der Waals surface area contributed by atoms with Crippen LogP contribution in [0.3, 0.4) is 0 Å². The smallest absolute Gasteiger partial charge is 0.262 e. The minimum absolute atomic E-state index is 0.0143. The molecule has 300 valence electrons. The van der Waals surface area contributed by atoms with E-state index in [1.54, 1.807) is 44.2 Å². The van der Waals surface area contributed by atoms with Crippen LogP contribution in [0.5, 0.6) is 0 Å². The number of aryl methyl sites for hydroxylation is 1. The van der Waals surface area contributed by atoms with Crippen LogP contribution < -0.4 is 21.3 Å². The van der Waals surface area contributed by atoms with Crippen molar-refractivity contribution in [2.75, 3.05) is 36.9 Å². The highest BCUT2D eigenvalue weighted by Gasteiger charge is 2.44. The van der Waals surface area contributed by atoms with Crippen LogP contribution in [0.2, 0.25) is 10.0 Å². The van der Waals surface area contributed by atoms with Crippen LogP contribution in [-0.4, -0.2) is 86.1 Å². The minimum atomic E-state index is -3.91. The Morgan fingerprint density at radius 2 is 1.64 bits per heavy atom. The zero-order valence-corrected chi connectivity index (χ0v) is 33.4. The molecule has 3 aromatic carbocycles. The van der Waals surface area contributed by atoms with E-state index >= 15 is 0 Å². The summed E-state index contributed by atoms with van der Waals surface area (Å²) in [7, 11) is -3.91. The molecule has 3 aliphatic heterocycles. The SMILES string of the molecule is Cc1[nH]c(/C=C2\C(=O)Nc3ccc(S(=O)(=O)Cc4c(Cl)cccc4Cl)cc32)c(C)c1C(=O)NCCOCCNc1ccc2c(c1)C(=O)N(C1CCC(=O)NC1=O)C2=O. The number of benzene rings is 3. The van der Waals surface area contributed by atoms with E-state index in [1.165, 1.54) is 30.3 Å². The highest BCUT2D eigenvalue weighted by atomic mass is 35.5. The number of aromatic amines is 1. The zero-order chi connectivity index (χ0) is 41.5. The van der Waals surface area contributed by atoms with Gasteiger partial charge in [-0.25, -0.2) is 8.42 Å². The quantitative estimate of drug-likeness (QED) is 0.0713. The summed E-state index contributed by atoms with van der Waals surface area (Å²) < 4.78 is 32.5. The second kappa shape index (κ2) is 16.2. The Kier molecular flexibility index (Phi) is 11.3. The van der Waals surface area contributed by atoms with Crippen molar-refractivity contribution in [2.45, 2.75) is 43.4 Å². The fourth-order valence-electron chi connectivity index (χ4n) is 7.13. The lowest BCUT2D eigenvalue weighted by molar-refractivity contribution is -0.136. The third kappa shape index (κ3) is 7.87. The van der Waals surface area contributed by atoms with Gasteiger partial charge in [0.1, 0.15) is 6.04 Å². The number of fused-ring (bicyclic) bond motifs is 2. The highest BCUT2D eigenvalue weighted by Crippen LogP contribution is 2.37. The molecule has 0 bridgehead atoms. The van der Waals surface area contributed by atoms with Gasteiger partial charge in [0.25, 0.3) is 23.6 Å². The lowest BCUT2D eigenvalue weighted by Crippen LogP contribution is -2.54. The molecule has 58 heavy (non-hydrogen) atoms. The summed E-state index contributed by atoms with van der Waals surface area (Å²) in [5, 5.41) is 11.4. The van der Waals surface area contributed by atoms with E-state index in [1.807, 2.05) is 0 Å². The third-order valence-electron chi connectivity index (χ3n) is 10.1. The predicted molar refractivity (Wildman–Crippen MR) is 215 cm³/mol. The van der Waals surface area contributed by atoms with E-state index in [2.05, 4.69) is 26.3 Å². The van der Waals surface area contributed by atoms with Crippen molar-refractivity contribution >= 4 is 91.5 Å². The van der Waals surface area contributed by atoms with Gasteiger partial charge in [-0.05, 0) is 80.4 Å². The van der Waals surface area contributed by atoms with E-state index in [0.29, 0.717) is 46.0 Å². The molecule has 1 atom stereocenters. The number of H-pyrrole nitrogens is 1. The average Bonchev–Trinajstić information content (AvgIpc) is 3.74. The molecule has 1 saturated heterocycles. The largest absolute Gasteiger partial charge is 0.383 e. The fourth-order valence-corrected chi connectivity index (χ4v) is 9.25. The van der Waals surface area contributed by atoms with E-state index in [9.17, 15) is 37.2 Å². The van der Waals surface area contributed by atoms with Gasteiger partial charge in [-0.2, -0.15) is 0 Å². The first-order valence-corrected chi connectivity index (χ1v) is 20.5. The number of piperidine rings is 1. The van der Waals surface area contributed by atoms with Crippen LogP contribution in [0.1, 0.15) is 72.0 Å². The van der Waals surface area contributed by atoms with Crippen LogP contribution >= 0.6 is 23.2 Å². The molecule has 15 nitrogen and oxygen atoms in total. The number of halogens is 2. The number of sulfone groups is 1. The summed E-state index contributed by atoms with van der Waals surface area (Å²) >= 11 is 12.5. The van der Waals surface area contributed by atoms with Crippen molar-refractivity contribution in [2.24, 2.45) is 0 Å². The number of ether oxygens (including phenoxy) is 1. The number of nitrogens with one attached hydrogen (secondary N) is 5. The maximum Gasteiger partial charge on any atom is 0.262 e. The van der Waals surface area contributed by atoms with E-state index in [0.717, 1.165) is 4.90 Å². The molecular weight excluding hydrogens is 811 g/mol. The van der Waals surface area contributed by atoms with Gasteiger partial charge in [0.05, 0.1) is 46.1 Å². The number of anilines is 2. The Balaban J connectivity index is 0.923. The van der Waals surface area contributed by atoms with E-state index in [4.69, 9.17) is 27.9 Å². The molecule has 5 N–H and O–H groups in total. The van der Waals surface area contributed by atoms with Crippen molar-refractivity contribution < 1.29 is 41.9 Å². The molecule has 0 spiro atoms. The number of imide groups is 2. The normalized spacial score (nSPS) is 17.0. The summed E-state index contributed by atoms with van der Waals surface area (Å²) in [6.45, 7) is 4.45. The number of rotatable bonds is 13. The first-order chi connectivity index (χ1) is 27.6. The molecule has 4 aromatic rings. The molecule has 4 heterocycles. The van der Waals surface area contributed by atoms with Crippen molar-refractivity contribution in [3.05, 3.63) is 109 Å². The van der Waals surface area contributed by atoms with Crippen LogP contribution in [-0.2, 0) is 34.7 Å². The van der Waals surface area contributed by atoms with Crippen LogP contribution in [0.4, 0.5) is 11.4 Å². The van der Waals surface area contributed by atoms with Gasteiger partial charge in [0.15, 0.2) is 9.84 Å². The van der Waals surface area contributed by atoms with Gasteiger partial charge < -0.3 is 25.7 Å². The second-order valence-electron chi connectivity index (χ2n) is 13.8. The molecule has 1 unspecified atom stereocenters. The topological polar surface area (TPSA) is 213 Å². The maximum atomic E-state index is 13.4. The Labute approximate surface area is 342 Å². The number of carbonyl (C=O) groups excluding carboxylic acids is 6. The number of hydrogen-bond acceptors (Lipinski definition) is 10. The number of nitrogens with zero attached hydrogens (tertiary/aromatic N) is 1. The highest BCUT2D eigenvalue weighted by molar-refractivity contribution is 7.90. The number of amides is 6. The molecule has 7 rings (SSSR count). The third-order valence-corrected chi connectivity index (χ3v) is 12.4. The molecule has 18 heteroatoms. The molecule has 1 fully saturated rings. The predicted octanol–water partition coefficient (Wildman–Crippen LogP) is 4.66. The Hall–Kier alpha value is -5.81. The van der Waals surface area contributed by atoms with Crippen LogP contribution in [0.15, 0.2) is 59.5 Å². The summed E-state index contributed by atoms with van der Waals surface area (Å²) in [4.78, 5) is 80.2. The van der Waals surface area contributed by atoms with Crippen LogP contribution in [0.25, 0.3) is 11.6 Å². The van der Waals surface area contributed by atoms with Gasteiger partial charge in [-0.1, -0.05) is 29.3 Å².